The molecule has 3 rings (SSSR count). The van der Waals surface area contributed by atoms with E-state index in [9.17, 15) is 0 Å². The van der Waals surface area contributed by atoms with Gasteiger partial charge in [-0.1, -0.05) is 47.1 Å². The van der Waals surface area contributed by atoms with Gasteiger partial charge in [0.2, 0.25) is 0 Å². The number of rotatable bonds is 4. The normalized spacial score (nSPS) is 10.5. The summed E-state index contributed by atoms with van der Waals surface area (Å²) >= 11 is 7.35. The first-order chi connectivity index (χ1) is 11.2. The summed E-state index contributed by atoms with van der Waals surface area (Å²) in [5, 5.41) is 18.8. The van der Waals surface area contributed by atoms with Crippen LogP contribution in [0.3, 0.4) is 0 Å². The van der Waals surface area contributed by atoms with Gasteiger partial charge >= 0.3 is 0 Å². The number of aryl methyl sites for hydroxylation is 1. The van der Waals surface area contributed by atoms with Gasteiger partial charge in [-0.2, -0.15) is 5.26 Å². The van der Waals surface area contributed by atoms with Crippen molar-refractivity contribution in [3.63, 3.8) is 0 Å². The fourth-order valence-electron chi connectivity index (χ4n) is 2.25. The van der Waals surface area contributed by atoms with Crippen LogP contribution in [0.25, 0.3) is 17.1 Å². The monoisotopic (exact) mass is 340 g/mol. The van der Waals surface area contributed by atoms with Crippen LogP contribution in [-0.4, -0.2) is 20.5 Å². The van der Waals surface area contributed by atoms with E-state index in [0.717, 1.165) is 22.6 Å². The molecule has 0 aliphatic heterocycles. The quantitative estimate of drug-likeness (QED) is 0.655. The lowest BCUT2D eigenvalue weighted by Gasteiger charge is -2.10. The number of nitriles is 1. The highest BCUT2D eigenvalue weighted by atomic mass is 35.5. The zero-order chi connectivity index (χ0) is 16.2. The van der Waals surface area contributed by atoms with Gasteiger partial charge < -0.3 is 0 Å². The van der Waals surface area contributed by atoms with Crippen molar-refractivity contribution in [1.82, 2.24) is 14.8 Å². The van der Waals surface area contributed by atoms with Gasteiger partial charge in [0.25, 0.3) is 0 Å². The van der Waals surface area contributed by atoms with E-state index in [0.29, 0.717) is 15.9 Å². The van der Waals surface area contributed by atoms with E-state index in [-0.39, 0.29) is 0 Å². The fraction of sp³-hybridized carbons (Fsp3) is 0.118. The molecule has 0 bridgehead atoms. The number of hydrogen-bond donors (Lipinski definition) is 0. The molecular formula is C17H13ClN4S. The Labute approximate surface area is 143 Å². The lowest BCUT2D eigenvalue weighted by molar-refractivity contribution is 0.888. The Morgan fingerprint density at radius 1 is 1.17 bits per heavy atom. The van der Waals surface area contributed by atoms with E-state index < -0.39 is 0 Å². The Morgan fingerprint density at radius 2 is 1.96 bits per heavy atom. The molecule has 6 heteroatoms. The first-order valence-electron chi connectivity index (χ1n) is 6.97. The van der Waals surface area contributed by atoms with Gasteiger partial charge in [0.15, 0.2) is 11.0 Å². The molecule has 0 aliphatic carbocycles. The van der Waals surface area contributed by atoms with E-state index in [4.69, 9.17) is 16.9 Å². The zero-order valence-corrected chi connectivity index (χ0v) is 14.0. The fourth-order valence-corrected chi connectivity index (χ4v) is 2.99. The van der Waals surface area contributed by atoms with Gasteiger partial charge in [-0.15, -0.1) is 10.2 Å². The molecule has 0 saturated heterocycles. The van der Waals surface area contributed by atoms with Crippen molar-refractivity contribution in [2.75, 3.05) is 5.75 Å². The lowest BCUT2D eigenvalue weighted by Crippen LogP contribution is -1.99. The van der Waals surface area contributed by atoms with Gasteiger partial charge in [-0.3, -0.25) is 4.57 Å². The first kappa shape index (κ1) is 15.6. The molecule has 0 radical (unpaired) electrons. The van der Waals surface area contributed by atoms with Crippen molar-refractivity contribution in [2.45, 2.75) is 12.1 Å². The van der Waals surface area contributed by atoms with Crippen molar-refractivity contribution >= 4 is 23.4 Å². The number of thioether (sulfide) groups is 1. The third-order valence-corrected chi connectivity index (χ3v) is 4.31. The standard InChI is InChI=1S/C17H13ClN4S/c1-12-3-2-4-13(11-12)16-20-21-17(23-10-9-19)22(16)15-7-5-14(18)6-8-15/h2-8,11H,10H2,1H3. The molecule has 0 N–H and O–H groups in total. The van der Waals surface area contributed by atoms with Crippen LogP contribution in [0.15, 0.2) is 53.7 Å². The van der Waals surface area contributed by atoms with Crippen molar-refractivity contribution < 1.29 is 0 Å². The van der Waals surface area contributed by atoms with Crippen LogP contribution in [0.5, 0.6) is 0 Å². The van der Waals surface area contributed by atoms with E-state index in [1.54, 1.807) is 0 Å². The summed E-state index contributed by atoms with van der Waals surface area (Å²) in [6, 6.07) is 17.7. The molecule has 4 nitrogen and oxygen atoms in total. The van der Waals surface area contributed by atoms with Crippen LogP contribution in [0.2, 0.25) is 5.02 Å². The molecule has 23 heavy (non-hydrogen) atoms. The molecule has 0 unspecified atom stereocenters. The molecule has 3 aromatic rings. The minimum atomic E-state index is 0.319. The van der Waals surface area contributed by atoms with E-state index >= 15 is 0 Å². The summed E-state index contributed by atoms with van der Waals surface area (Å²) in [4.78, 5) is 0. The Bertz CT molecular complexity index is 865. The van der Waals surface area contributed by atoms with Crippen LogP contribution in [0, 0.1) is 18.3 Å². The Morgan fingerprint density at radius 3 is 2.65 bits per heavy atom. The van der Waals surface area contributed by atoms with E-state index in [2.05, 4.69) is 22.3 Å². The van der Waals surface area contributed by atoms with E-state index in [1.165, 1.54) is 11.8 Å². The smallest absolute Gasteiger partial charge is 0.197 e. The van der Waals surface area contributed by atoms with Gasteiger partial charge in [0, 0.05) is 16.3 Å². The maximum absolute atomic E-state index is 8.84. The largest absolute Gasteiger partial charge is 0.270 e. The minimum absolute atomic E-state index is 0.319. The molecule has 2 aromatic carbocycles. The summed E-state index contributed by atoms with van der Waals surface area (Å²) in [7, 11) is 0. The molecule has 1 aromatic heterocycles. The molecule has 114 valence electrons. The number of nitrogens with zero attached hydrogens (tertiary/aromatic N) is 4. The van der Waals surface area contributed by atoms with Crippen LogP contribution >= 0.6 is 23.4 Å². The molecule has 0 fully saturated rings. The van der Waals surface area contributed by atoms with Crippen LogP contribution in [-0.2, 0) is 0 Å². The average molecular weight is 341 g/mol. The molecule has 0 atom stereocenters. The molecule has 1 heterocycles. The van der Waals surface area contributed by atoms with Crippen molar-refractivity contribution in [2.24, 2.45) is 0 Å². The van der Waals surface area contributed by atoms with Crippen LogP contribution in [0.4, 0.5) is 0 Å². The predicted octanol–water partition coefficient (Wildman–Crippen LogP) is 4.51. The van der Waals surface area contributed by atoms with Crippen molar-refractivity contribution in [3.8, 4) is 23.1 Å². The van der Waals surface area contributed by atoms with Gasteiger partial charge in [-0.25, -0.2) is 0 Å². The molecule has 0 aliphatic rings. The van der Waals surface area contributed by atoms with Crippen LogP contribution in [0.1, 0.15) is 5.56 Å². The Kier molecular flexibility index (Phi) is 4.65. The van der Waals surface area contributed by atoms with Gasteiger partial charge in [0.05, 0.1) is 11.8 Å². The molecule has 0 spiro atoms. The first-order valence-corrected chi connectivity index (χ1v) is 8.33. The SMILES string of the molecule is Cc1cccc(-c2nnc(SCC#N)n2-c2ccc(Cl)cc2)c1. The Hall–Kier alpha value is -2.29. The highest BCUT2D eigenvalue weighted by molar-refractivity contribution is 7.99. The molecule has 0 amide bonds. The number of aromatic nitrogens is 3. The number of halogens is 1. The Balaban J connectivity index is 2.15. The third-order valence-electron chi connectivity index (χ3n) is 3.26. The summed E-state index contributed by atoms with van der Waals surface area (Å²) in [5.41, 5.74) is 3.05. The second-order valence-corrected chi connectivity index (χ2v) is 6.31. The topological polar surface area (TPSA) is 54.5 Å². The van der Waals surface area contributed by atoms with Crippen molar-refractivity contribution in [3.05, 3.63) is 59.1 Å². The van der Waals surface area contributed by atoms with Gasteiger partial charge in [-0.05, 0) is 37.3 Å². The van der Waals surface area contributed by atoms with E-state index in [1.807, 2.05) is 54.0 Å². The third kappa shape index (κ3) is 3.39. The minimum Gasteiger partial charge on any atom is -0.270 e. The summed E-state index contributed by atoms with van der Waals surface area (Å²) in [6.07, 6.45) is 0. The zero-order valence-electron chi connectivity index (χ0n) is 12.4. The summed E-state index contributed by atoms with van der Waals surface area (Å²) < 4.78 is 1.95. The predicted molar refractivity (Wildman–Crippen MR) is 92.9 cm³/mol. The maximum atomic E-state index is 8.84. The highest BCUT2D eigenvalue weighted by Crippen LogP contribution is 2.28. The number of hydrogen-bond acceptors (Lipinski definition) is 4. The van der Waals surface area contributed by atoms with Crippen molar-refractivity contribution in [1.29, 1.82) is 5.26 Å². The van der Waals surface area contributed by atoms with Crippen LogP contribution < -0.4 is 0 Å². The average Bonchev–Trinajstić information content (AvgIpc) is 2.97. The second-order valence-electron chi connectivity index (χ2n) is 4.93. The number of benzene rings is 2. The lowest BCUT2D eigenvalue weighted by atomic mass is 10.1. The highest BCUT2D eigenvalue weighted by Gasteiger charge is 2.16. The summed E-state index contributed by atoms with van der Waals surface area (Å²) in [5.74, 6) is 1.07. The second kappa shape index (κ2) is 6.86. The summed E-state index contributed by atoms with van der Waals surface area (Å²) in [6.45, 7) is 2.04. The maximum Gasteiger partial charge on any atom is 0.197 e. The molecule has 0 saturated carbocycles. The molecular weight excluding hydrogens is 328 g/mol. The van der Waals surface area contributed by atoms with Gasteiger partial charge in [0.1, 0.15) is 0 Å².